The second kappa shape index (κ2) is 7.94. The molecule has 0 radical (unpaired) electrons. The van der Waals surface area contributed by atoms with E-state index in [0.29, 0.717) is 11.7 Å². The monoisotopic (exact) mass is 354 g/mol. The average molecular weight is 354 g/mol. The van der Waals surface area contributed by atoms with Crippen molar-refractivity contribution in [2.45, 2.75) is 36.3 Å². The third-order valence-electron chi connectivity index (χ3n) is 4.06. The maximum Gasteiger partial charge on any atom is 0.387 e. The van der Waals surface area contributed by atoms with Crippen molar-refractivity contribution in [1.82, 2.24) is 20.1 Å². The first-order chi connectivity index (χ1) is 11.6. The van der Waals surface area contributed by atoms with Gasteiger partial charge in [-0.15, -0.1) is 10.2 Å². The van der Waals surface area contributed by atoms with E-state index in [1.807, 2.05) is 17.7 Å². The van der Waals surface area contributed by atoms with E-state index >= 15 is 0 Å². The lowest BCUT2D eigenvalue weighted by Gasteiger charge is -2.21. The second-order valence-electron chi connectivity index (χ2n) is 5.74. The highest BCUT2D eigenvalue weighted by Gasteiger charge is 2.21. The van der Waals surface area contributed by atoms with Gasteiger partial charge in [0.25, 0.3) is 0 Å². The zero-order valence-corrected chi connectivity index (χ0v) is 14.2. The van der Waals surface area contributed by atoms with Gasteiger partial charge in [0.1, 0.15) is 11.6 Å². The number of thioether (sulfide) groups is 1. The molecular formula is C16H20F2N4OS. The molecule has 130 valence electrons. The van der Waals surface area contributed by atoms with Crippen LogP contribution in [0.5, 0.6) is 5.75 Å². The van der Waals surface area contributed by atoms with Gasteiger partial charge in [-0.2, -0.15) is 8.78 Å². The Morgan fingerprint density at radius 3 is 2.88 bits per heavy atom. The van der Waals surface area contributed by atoms with E-state index in [1.165, 1.54) is 6.07 Å². The minimum Gasteiger partial charge on any atom is -0.435 e. The molecule has 2 heterocycles. The quantitative estimate of drug-likeness (QED) is 0.808. The number of alkyl halides is 2. The molecule has 1 saturated heterocycles. The van der Waals surface area contributed by atoms with Gasteiger partial charge in [0.2, 0.25) is 0 Å². The molecule has 1 aliphatic heterocycles. The van der Waals surface area contributed by atoms with Crippen LogP contribution in [0.3, 0.4) is 0 Å². The molecule has 8 heteroatoms. The molecule has 0 atom stereocenters. The van der Waals surface area contributed by atoms with Crippen LogP contribution in [-0.2, 0) is 12.8 Å². The van der Waals surface area contributed by atoms with Crippen LogP contribution in [0.1, 0.15) is 30.1 Å². The molecule has 1 N–H and O–H groups in total. The van der Waals surface area contributed by atoms with E-state index in [2.05, 4.69) is 20.3 Å². The Kier molecular flexibility index (Phi) is 5.68. The van der Waals surface area contributed by atoms with Gasteiger partial charge in [0.15, 0.2) is 5.16 Å². The number of aromatic nitrogens is 3. The number of nitrogens with one attached hydrogen (secondary N) is 1. The maximum atomic E-state index is 12.3. The Labute approximate surface area is 143 Å². The van der Waals surface area contributed by atoms with E-state index in [-0.39, 0.29) is 5.75 Å². The summed E-state index contributed by atoms with van der Waals surface area (Å²) in [4.78, 5) is 0. The molecule has 5 nitrogen and oxygen atoms in total. The van der Waals surface area contributed by atoms with Gasteiger partial charge < -0.3 is 14.6 Å². The molecule has 1 aromatic carbocycles. The van der Waals surface area contributed by atoms with Gasteiger partial charge in [-0.05, 0) is 43.6 Å². The van der Waals surface area contributed by atoms with E-state index < -0.39 is 6.61 Å². The number of nitrogens with zero attached hydrogens (tertiary/aromatic N) is 3. The predicted molar refractivity (Wildman–Crippen MR) is 88.5 cm³/mol. The number of halogens is 2. The number of hydrogen-bond acceptors (Lipinski definition) is 5. The van der Waals surface area contributed by atoms with Crippen molar-refractivity contribution in [2.75, 3.05) is 13.1 Å². The van der Waals surface area contributed by atoms with E-state index in [9.17, 15) is 8.78 Å². The number of ether oxygens (including phenoxy) is 1. The van der Waals surface area contributed by atoms with Gasteiger partial charge in [0, 0.05) is 18.7 Å². The molecule has 1 aromatic heterocycles. The largest absolute Gasteiger partial charge is 0.435 e. The van der Waals surface area contributed by atoms with Crippen molar-refractivity contribution in [1.29, 1.82) is 0 Å². The molecule has 0 bridgehead atoms. The first-order valence-electron chi connectivity index (χ1n) is 7.90. The third kappa shape index (κ3) is 4.24. The number of hydrogen-bond donors (Lipinski definition) is 1. The summed E-state index contributed by atoms with van der Waals surface area (Å²) in [5.74, 6) is 2.27. The molecule has 0 aliphatic carbocycles. The first kappa shape index (κ1) is 17.2. The first-order valence-corrected chi connectivity index (χ1v) is 8.88. The van der Waals surface area contributed by atoms with Crippen molar-refractivity contribution in [3.8, 4) is 5.75 Å². The summed E-state index contributed by atoms with van der Waals surface area (Å²) in [7, 11) is 1.98. The van der Waals surface area contributed by atoms with Crippen LogP contribution in [0.2, 0.25) is 0 Å². The number of benzene rings is 1. The molecule has 0 saturated carbocycles. The van der Waals surface area contributed by atoms with E-state index in [0.717, 1.165) is 42.5 Å². The predicted octanol–water partition coefficient (Wildman–Crippen LogP) is 3.18. The zero-order valence-electron chi connectivity index (χ0n) is 13.4. The lowest BCUT2D eigenvalue weighted by molar-refractivity contribution is -0.0498. The summed E-state index contributed by atoms with van der Waals surface area (Å²) in [6.07, 6.45) is 2.15. The minimum absolute atomic E-state index is 0.177. The number of piperidine rings is 1. The average Bonchev–Trinajstić information content (AvgIpc) is 2.94. The fraction of sp³-hybridized carbons (Fsp3) is 0.500. The molecule has 1 fully saturated rings. The maximum absolute atomic E-state index is 12.3. The fourth-order valence-corrected chi connectivity index (χ4v) is 3.71. The van der Waals surface area contributed by atoms with Gasteiger partial charge >= 0.3 is 6.61 Å². The Morgan fingerprint density at radius 2 is 2.12 bits per heavy atom. The van der Waals surface area contributed by atoms with E-state index in [1.54, 1.807) is 23.9 Å². The van der Waals surface area contributed by atoms with Gasteiger partial charge in [0.05, 0.1) is 0 Å². The van der Waals surface area contributed by atoms with Crippen LogP contribution in [0.4, 0.5) is 8.78 Å². The SMILES string of the molecule is Cn1c(SCc2cccc(OC(F)F)c2)nnc1C1CCNCC1. The second-order valence-corrected chi connectivity index (χ2v) is 6.68. The number of rotatable bonds is 6. The Morgan fingerprint density at radius 1 is 1.33 bits per heavy atom. The van der Waals surface area contributed by atoms with Crippen molar-refractivity contribution in [2.24, 2.45) is 7.05 Å². The molecule has 3 rings (SSSR count). The van der Waals surface area contributed by atoms with Crippen molar-refractivity contribution in [3.63, 3.8) is 0 Å². The molecule has 0 spiro atoms. The normalized spacial score (nSPS) is 15.8. The standard InChI is InChI=1S/C16H20F2N4OS/c1-22-14(12-5-7-19-8-6-12)20-21-16(22)24-10-11-3-2-4-13(9-11)23-15(17)18/h2-4,9,12,15,19H,5-8,10H2,1H3. The highest BCUT2D eigenvalue weighted by atomic mass is 32.2. The van der Waals surface area contributed by atoms with Crippen LogP contribution >= 0.6 is 11.8 Å². The molecule has 24 heavy (non-hydrogen) atoms. The Bertz CT molecular complexity index is 674. The van der Waals surface area contributed by atoms with Crippen LogP contribution in [0, 0.1) is 0 Å². The van der Waals surface area contributed by atoms with Gasteiger partial charge in [-0.3, -0.25) is 0 Å². The topological polar surface area (TPSA) is 52.0 Å². The van der Waals surface area contributed by atoms with Crippen molar-refractivity contribution in [3.05, 3.63) is 35.7 Å². The lowest BCUT2D eigenvalue weighted by Crippen LogP contribution is -2.27. The van der Waals surface area contributed by atoms with Crippen LogP contribution in [0.15, 0.2) is 29.4 Å². The molecule has 0 unspecified atom stereocenters. The molecular weight excluding hydrogens is 334 g/mol. The molecule has 2 aromatic rings. The highest BCUT2D eigenvalue weighted by Crippen LogP contribution is 2.28. The summed E-state index contributed by atoms with van der Waals surface area (Å²) in [5, 5.41) is 12.8. The Balaban J connectivity index is 1.63. The van der Waals surface area contributed by atoms with Crippen LogP contribution in [0.25, 0.3) is 0 Å². The Hall–Kier alpha value is -1.67. The van der Waals surface area contributed by atoms with Crippen LogP contribution < -0.4 is 10.1 Å². The van der Waals surface area contributed by atoms with Crippen LogP contribution in [-0.4, -0.2) is 34.5 Å². The lowest BCUT2D eigenvalue weighted by atomic mass is 9.97. The molecule has 1 aliphatic rings. The highest BCUT2D eigenvalue weighted by molar-refractivity contribution is 7.98. The van der Waals surface area contributed by atoms with Crippen molar-refractivity contribution >= 4 is 11.8 Å². The van der Waals surface area contributed by atoms with Crippen molar-refractivity contribution < 1.29 is 13.5 Å². The summed E-state index contributed by atoms with van der Waals surface area (Å²) in [6, 6.07) is 6.75. The summed E-state index contributed by atoms with van der Waals surface area (Å²) < 4.78 is 31.0. The fourth-order valence-electron chi connectivity index (χ4n) is 2.85. The van der Waals surface area contributed by atoms with E-state index in [4.69, 9.17) is 0 Å². The van der Waals surface area contributed by atoms with Gasteiger partial charge in [-0.25, -0.2) is 0 Å². The summed E-state index contributed by atoms with van der Waals surface area (Å²) in [5.41, 5.74) is 0.907. The minimum atomic E-state index is -2.81. The summed E-state index contributed by atoms with van der Waals surface area (Å²) in [6.45, 7) is -0.785. The molecule has 0 amide bonds. The van der Waals surface area contributed by atoms with Gasteiger partial charge in [-0.1, -0.05) is 23.9 Å². The third-order valence-corrected chi connectivity index (χ3v) is 5.16. The smallest absolute Gasteiger partial charge is 0.387 e. The zero-order chi connectivity index (χ0) is 16.9. The summed E-state index contributed by atoms with van der Waals surface area (Å²) >= 11 is 1.54.